The molecular weight excluding hydrogens is 436 g/mol. The van der Waals surface area contributed by atoms with Gasteiger partial charge in [0.2, 0.25) is 0 Å². The van der Waals surface area contributed by atoms with Crippen molar-refractivity contribution in [3.8, 4) is 0 Å². The maximum absolute atomic E-state index is 12.1. The van der Waals surface area contributed by atoms with Gasteiger partial charge in [-0.05, 0) is 19.3 Å². The first kappa shape index (κ1) is 33.9. The van der Waals surface area contributed by atoms with Crippen LogP contribution in [0, 0.1) is 0 Å². The van der Waals surface area contributed by atoms with Gasteiger partial charge < -0.3 is 9.84 Å². The first-order chi connectivity index (χ1) is 17.1. The zero-order valence-electron chi connectivity index (χ0n) is 23.6. The SMILES string of the molecule is CCCCCCCCCCCCCCCCC(OC(=O)CCCCCCCCCCCC)C(=O)O. The minimum atomic E-state index is -1.00. The van der Waals surface area contributed by atoms with Crippen LogP contribution >= 0.6 is 0 Å². The molecule has 4 heteroatoms. The molecule has 35 heavy (non-hydrogen) atoms. The number of aliphatic carboxylic acids is 1. The molecule has 0 bridgehead atoms. The van der Waals surface area contributed by atoms with Crippen molar-refractivity contribution in [2.45, 2.75) is 187 Å². The molecule has 1 unspecified atom stereocenters. The fraction of sp³-hybridized carbons (Fsp3) is 0.935. The molecule has 1 atom stereocenters. The van der Waals surface area contributed by atoms with Gasteiger partial charge in [-0.1, -0.05) is 155 Å². The molecular formula is C31H60O4. The van der Waals surface area contributed by atoms with Crippen molar-refractivity contribution in [1.82, 2.24) is 0 Å². The second kappa shape index (κ2) is 27.5. The van der Waals surface area contributed by atoms with E-state index in [-0.39, 0.29) is 5.97 Å². The standard InChI is InChI=1S/C31H60O4/c1-3-5-7-9-11-13-15-16-17-18-19-21-23-25-27-29(31(33)34)35-30(32)28-26-24-22-20-14-12-10-8-6-4-2/h29H,3-28H2,1-2H3,(H,33,34). The van der Waals surface area contributed by atoms with Crippen molar-refractivity contribution in [3.63, 3.8) is 0 Å². The van der Waals surface area contributed by atoms with Crippen molar-refractivity contribution >= 4 is 11.9 Å². The van der Waals surface area contributed by atoms with E-state index in [4.69, 9.17) is 4.74 Å². The summed E-state index contributed by atoms with van der Waals surface area (Å²) in [5, 5.41) is 9.39. The normalized spacial score (nSPS) is 12.1. The molecule has 0 spiro atoms. The van der Waals surface area contributed by atoms with E-state index >= 15 is 0 Å². The number of carboxylic acids is 1. The number of hydrogen-bond donors (Lipinski definition) is 1. The molecule has 0 saturated heterocycles. The molecule has 0 fully saturated rings. The summed E-state index contributed by atoms with van der Waals surface area (Å²) >= 11 is 0. The molecule has 0 saturated carbocycles. The molecule has 208 valence electrons. The summed E-state index contributed by atoms with van der Waals surface area (Å²) < 4.78 is 5.27. The third-order valence-electron chi connectivity index (χ3n) is 7.10. The van der Waals surface area contributed by atoms with Gasteiger partial charge in [-0.2, -0.15) is 0 Å². The first-order valence-corrected chi connectivity index (χ1v) is 15.5. The third kappa shape index (κ3) is 25.8. The first-order valence-electron chi connectivity index (χ1n) is 15.5. The smallest absolute Gasteiger partial charge is 0.345 e. The zero-order chi connectivity index (χ0) is 25.8. The predicted molar refractivity (Wildman–Crippen MR) is 149 cm³/mol. The fourth-order valence-electron chi connectivity index (χ4n) is 4.73. The van der Waals surface area contributed by atoms with Crippen molar-refractivity contribution < 1.29 is 19.4 Å². The molecule has 0 aliphatic carbocycles. The lowest BCUT2D eigenvalue weighted by molar-refractivity contribution is -0.164. The highest BCUT2D eigenvalue weighted by Crippen LogP contribution is 2.16. The minimum absolute atomic E-state index is 0.345. The highest BCUT2D eigenvalue weighted by Gasteiger charge is 2.21. The monoisotopic (exact) mass is 496 g/mol. The van der Waals surface area contributed by atoms with Crippen LogP contribution in [0.4, 0.5) is 0 Å². The summed E-state index contributed by atoms with van der Waals surface area (Å²) in [4.78, 5) is 23.5. The van der Waals surface area contributed by atoms with E-state index in [1.54, 1.807) is 0 Å². The average Bonchev–Trinajstić information content (AvgIpc) is 2.84. The van der Waals surface area contributed by atoms with E-state index in [0.717, 1.165) is 38.5 Å². The van der Waals surface area contributed by atoms with Gasteiger partial charge in [-0.3, -0.25) is 4.79 Å². The van der Waals surface area contributed by atoms with E-state index in [1.165, 1.54) is 116 Å². The Bertz CT molecular complexity index is 463. The summed E-state index contributed by atoms with van der Waals surface area (Å²) in [6.07, 6.45) is 29.8. The molecule has 0 heterocycles. The van der Waals surface area contributed by atoms with Crippen molar-refractivity contribution in [2.24, 2.45) is 0 Å². The number of carbonyl (C=O) groups excluding carboxylic acids is 1. The second-order valence-electron chi connectivity index (χ2n) is 10.6. The van der Waals surface area contributed by atoms with Gasteiger partial charge in [-0.25, -0.2) is 4.79 Å². The number of esters is 1. The van der Waals surface area contributed by atoms with Crippen LogP contribution in [0.25, 0.3) is 0 Å². The van der Waals surface area contributed by atoms with Crippen molar-refractivity contribution in [2.75, 3.05) is 0 Å². The number of hydrogen-bond acceptors (Lipinski definition) is 3. The number of unbranched alkanes of at least 4 members (excludes halogenated alkanes) is 22. The van der Waals surface area contributed by atoms with Crippen LogP contribution < -0.4 is 0 Å². The van der Waals surface area contributed by atoms with Crippen molar-refractivity contribution in [1.29, 1.82) is 0 Å². The number of carboxylic acid groups (broad SMARTS) is 1. The Kier molecular flexibility index (Phi) is 26.7. The van der Waals surface area contributed by atoms with Crippen LogP contribution in [0.1, 0.15) is 181 Å². The lowest BCUT2D eigenvalue weighted by Crippen LogP contribution is -2.27. The molecule has 0 aliphatic rings. The molecule has 0 aromatic carbocycles. The van der Waals surface area contributed by atoms with E-state index in [9.17, 15) is 14.7 Å². The maximum Gasteiger partial charge on any atom is 0.345 e. The lowest BCUT2D eigenvalue weighted by atomic mass is 10.0. The van der Waals surface area contributed by atoms with Crippen LogP contribution in [-0.2, 0) is 14.3 Å². The second-order valence-corrected chi connectivity index (χ2v) is 10.6. The zero-order valence-corrected chi connectivity index (χ0v) is 23.6. The summed E-state index contributed by atoms with van der Waals surface area (Å²) in [6, 6.07) is 0. The van der Waals surface area contributed by atoms with E-state index < -0.39 is 12.1 Å². The fourth-order valence-corrected chi connectivity index (χ4v) is 4.73. The van der Waals surface area contributed by atoms with Crippen molar-refractivity contribution in [3.05, 3.63) is 0 Å². The maximum atomic E-state index is 12.1. The van der Waals surface area contributed by atoms with Gasteiger partial charge in [0.1, 0.15) is 0 Å². The molecule has 0 aromatic rings. The summed E-state index contributed by atoms with van der Waals surface area (Å²) in [5.41, 5.74) is 0. The van der Waals surface area contributed by atoms with Crippen LogP contribution in [0.3, 0.4) is 0 Å². The quantitative estimate of drug-likeness (QED) is 0.0864. The van der Waals surface area contributed by atoms with Crippen LogP contribution in [0.2, 0.25) is 0 Å². The number of ether oxygens (including phenoxy) is 1. The number of rotatable bonds is 28. The highest BCUT2D eigenvalue weighted by molar-refractivity contribution is 5.77. The minimum Gasteiger partial charge on any atom is -0.479 e. The Labute approximate surface area is 218 Å². The summed E-state index contributed by atoms with van der Waals surface area (Å²) in [5.74, 6) is -1.35. The average molecular weight is 497 g/mol. The Morgan fingerprint density at radius 2 is 0.829 bits per heavy atom. The van der Waals surface area contributed by atoms with Gasteiger partial charge in [-0.15, -0.1) is 0 Å². The molecule has 0 aromatic heterocycles. The molecule has 0 rings (SSSR count). The summed E-state index contributed by atoms with van der Waals surface area (Å²) in [7, 11) is 0. The van der Waals surface area contributed by atoms with E-state index in [2.05, 4.69) is 13.8 Å². The molecule has 0 aliphatic heterocycles. The Balaban J connectivity index is 3.56. The van der Waals surface area contributed by atoms with Gasteiger partial charge in [0.25, 0.3) is 0 Å². The predicted octanol–water partition coefficient (Wildman–Crippen LogP) is 10.2. The Morgan fingerprint density at radius 1 is 0.514 bits per heavy atom. The van der Waals surface area contributed by atoms with Gasteiger partial charge in [0, 0.05) is 6.42 Å². The molecule has 0 amide bonds. The van der Waals surface area contributed by atoms with Gasteiger partial charge in [0.15, 0.2) is 6.10 Å². The lowest BCUT2D eigenvalue weighted by Gasteiger charge is -2.13. The largest absolute Gasteiger partial charge is 0.479 e. The third-order valence-corrected chi connectivity index (χ3v) is 7.10. The van der Waals surface area contributed by atoms with Crippen LogP contribution in [-0.4, -0.2) is 23.1 Å². The highest BCUT2D eigenvalue weighted by atomic mass is 16.6. The topological polar surface area (TPSA) is 63.6 Å². The molecule has 1 N–H and O–H groups in total. The Morgan fingerprint density at radius 3 is 1.17 bits per heavy atom. The molecule has 0 radical (unpaired) electrons. The van der Waals surface area contributed by atoms with Gasteiger partial charge in [0.05, 0.1) is 0 Å². The van der Waals surface area contributed by atoms with Crippen LogP contribution in [0.5, 0.6) is 0 Å². The Hall–Kier alpha value is -1.06. The van der Waals surface area contributed by atoms with E-state index in [1.807, 2.05) is 0 Å². The number of carbonyl (C=O) groups is 2. The van der Waals surface area contributed by atoms with Crippen LogP contribution in [0.15, 0.2) is 0 Å². The molecule has 4 nitrogen and oxygen atoms in total. The van der Waals surface area contributed by atoms with E-state index in [0.29, 0.717) is 12.8 Å². The van der Waals surface area contributed by atoms with Gasteiger partial charge >= 0.3 is 11.9 Å². The summed E-state index contributed by atoms with van der Waals surface area (Å²) in [6.45, 7) is 4.50.